The van der Waals surface area contributed by atoms with Crippen LogP contribution in [0.1, 0.15) is 64.2 Å². The van der Waals surface area contributed by atoms with Crippen molar-refractivity contribution in [2.45, 2.75) is 68.2 Å². The van der Waals surface area contributed by atoms with Gasteiger partial charge in [0.2, 0.25) is 0 Å². The van der Waals surface area contributed by atoms with E-state index in [1.165, 1.54) is 40.0 Å². The Balaban J connectivity index is 0.000000607. The molecule has 1 aliphatic rings. The Morgan fingerprint density at radius 2 is 1.44 bits per heavy atom. The van der Waals surface area contributed by atoms with Gasteiger partial charge in [-0.3, -0.25) is 0 Å². The smallest absolute Gasteiger partial charge is 0.123 e. The number of anilines is 1. The number of fused-ring (bicyclic) bond motifs is 1. The minimum Gasteiger partial charge on any atom is -0.361 e. The largest absolute Gasteiger partial charge is 0.361 e. The number of hydrogen-bond acceptors (Lipinski definition) is 1. The maximum Gasteiger partial charge on any atom is 0.123 e. The second kappa shape index (κ2) is 20.1. The van der Waals surface area contributed by atoms with Gasteiger partial charge in [-0.2, -0.15) is 0 Å². The molecule has 1 atom stereocenters. The van der Waals surface area contributed by atoms with E-state index in [1.807, 2.05) is 72.0 Å². The van der Waals surface area contributed by atoms with E-state index in [0.717, 1.165) is 30.5 Å². The van der Waals surface area contributed by atoms with E-state index < -0.39 is 0 Å². The highest BCUT2D eigenvalue weighted by atomic mass is 19.1. The lowest BCUT2D eigenvalue weighted by Crippen LogP contribution is -2.21. The van der Waals surface area contributed by atoms with E-state index in [2.05, 4.69) is 92.5 Å². The summed E-state index contributed by atoms with van der Waals surface area (Å²) in [6, 6.07) is 23.9. The van der Waals surface area contributed by atoms with Gasteiger partial charge in [-0.1, -0.05) is 89.2 Å². The van der Waals surface area contributed by atoms with Gasteiger partial charge in [0.1, 0.15) is 5.82 Å². The summed E-state index contributed by atoms with van der Waals surface area (Å²) >= 11 is 0. The number of aromatic amines is 1. The number of hydrogen-bond donors (Lipinski definition) is 1. The Bertz CT molecular complexity index is 1240. The first-order valence-electron chi connectivity index (χ1n) is 14.7. The van der Waals surface area contributed by atoms with Crippen molar-refractivity contribution in [2.24, 2.45) is 5.41 Å². The van der Waals surface area contributed by atoms with Gasteiger partial charge in [-0.15, -0.1) is 19.7 Å². The molecule has 0 aliphatic carbocycles. The molecule has 222 valence electrons. The van der Waals surface area contributed by atoms with E-state index in [0.29, 0.717) is 0 Å². The van der Waals surface area contributed by atoms with Crippen molar-refractivity contribution in [2.75, 3.05) is 11.4 Å². The van der Waals surface area contributed by atoms with Crippen LogP contribution >= 0.6 is 0 Å². The second-order valence-corrected chi connectivity index (χ2v) is 9.27. The minimum absolute atomic E-state index is 0.0765. The van der Waals surface area contributed by atoms with Crippen molar-refractivity contribution in [3.8, 4) is 0 Å². The summed E-state index contributed by atoms with van der Waals surface area (Å²) in [5.41, 5.74) is 6.95. The molecule has 1 N–H and O–H groups in total. The van der Waals surface area contributed by atoms with Crippen LogP contribution in [0.3, 0.4) is 0 Å². The molecule has 41 heavy (non-hydrogen) atoms. The van der Waals surface area contributed by atoms with Crippen LogP contribution in [0.2, 0.25) is 0 Å². The average Bonchev–Trinajstić information content (AvgIpc) is 3.60. The molecule has 4 aromatic rings. The van der Waals surface area contributed by atoms with E-state index in [4.69, 9.17) is 0 Å². The van der Waals surface area contributed by atoms with Crippen molar-refractivity contribution in [1.82, 2.24) is 4.98 Å². The van der Waals surface area contributed by atoms with E-state index in [-0.39, 0.29) is 11.2 Å². The molecule has 0 radical (unpaired) electrons. The van der Waals surface area contributed by atoms with E-state index >= 15 is 0 Å². The summed E-state index contributed by atoms with van der Waals surface area (Å²) < 4.78 is 12.4. The number of halogens is 1. The van der Waals surface area contributed by atoms with Gasteiger partial charge in [0.25, 0.3) is 0 Å². The topological polar surface area (TPSA) is 19.0 Å². The van der Waals surface area contributed by atoms with Gasteiger partial charge < -0.3 is 9.88 Å². The van der Waals surface area contributed by atoms with Crippen molar-refractivity contribution in [3.05, 3.63) is 140 Å². The number of benzene rings is 3. The Kier molecular flexibility index (Phi) is 18.2. The molecule has 2 nitrogen and oxygen atoms in total. The highest BCUT2D eigenvalue weighted by Crippen LogP contribution is 2.45. The van der Waals surface area contributed by atoms with Crippen molar-refractivity contribution < 1.29 is 4.39 Å². The predicted molar refractivity (Wildman–Crippen MR) is 183 cm³/mol. The number of nitrogens with one attached hydrogen (secondary N) is 1. The SMILES string of the molecule is C=C.C=CC1(CC)CCN(c2ccc3[nH]ccc3c2)C1=C.CC.CC.Cc1cc(C)cc(F)c1.Cc1ccccc1. The molecule has 1 aromatic heterocycles. The third-order valence-corrected chi connectivity index (χ3v) is 6.68. The summed E-state index contributed by atoms with van der Waals surface area (Å²) in [7, 11) is 0. The first kappa shape index (κ1) is 37.2. The molecular weight excluding hydrogens is 503 g/mol. The van der Waals surface area contributed by atoms with Crippen molar-refractivity contribution in [3.63, 3.8) is 0 Å². The number of nitrogens with zero attached hydrogens (tertiary/aromatic N) is 1. The maximum absolute atomic E-state index is 12.4. The zero-order valence-corrected chi connectivity index (χ0v) is 26.9. The average molecular weight is 557 g/mol. The standard InChI is InChI=1S/C17H20N2.C8H9F.C7H8.2C2H6.C2H4/c1-4-17(5-2)9-11-19(13(17)3)15-6-7-16-14(12-15)8-10-18-16;1-6-3-7(2)5-8(9)4-6;1-7-5-3-2-4-6-7;3*1-2/h4,6-8,10,12,18H,1,3,5,9,11H2,2H3;3-5H,1-2H3;2-6H,1H3;2*1-2H3;1-2H2. The number of aromatic nitrogens is 1. The quantitative estimate of drug-likeness (QED) is 0.249. The Hall–Kier alpha value is -3.85. The van der Waals surface area contributed by atoms with Gasteiger partial charge in [-0.05, 0) is 81.1 Å². The summed E-state index contributed by atoms with van der Waals surface area (Å²) in [6.07, 6.45) is 6.23. The third kappa shape index (κ3) is 11.3. The molecule has 0 amide bonds. The molecule has 5 rings (SSSR count). The van der Waals surface area contributed by atoms with Gasteiger partial charge >= 0.3 is 0 Å². The fraction of sp³-hybridized carbons (Fsp3) is 0.316. The fourth-order valence-electron chi connectivity index (χ4n) is 4.55. The zero-order valence-electron chi connectivity index (χ0n) is 26.9. The molecular formula is C38H53FN2. The first-order valence-corrected chi connectivity index (χ1v) is 14.7. The Morgan fingerprint density at radius 1 is 0.854 bits per heavy atom. The number of aryl methyl sites for hydroxylation is 3. The Labute approximate surface area is 250 Å². The summed E-state index contributed by atoms with van der Waals surface area (Å²) in [5.74, 6) is -0.146. The number of H-pyrrole nitrogens is 1. The second-order valence-electron chi connectivity index (χ2n) is 9.27. The highest BCUT2D eigenvalue weighted by Gasteiger charge is 2.38. The van der Waals surface area contributed by atoms with Gasteiger partial charge in [0, 0.05) is 40.4 Å². The molecule has 3 aromatic carbocycles. The summed E-state index contributed by atoms with van der Waals surface area (Å²) in [4.78, 5) is 5.56. The van der Waals surface area contributed by atoms with Gasteiger partial charge in [-0.25, -0.2) is 4.39 Å². The maximum atomic E-state index is 12.4. The normalized spacial score (nSPS) is 14.8. The first-order chi connectivity index (χ1) is 19.8. The van der Waals surface area contributed by atoms with Crippen molar-refractivity contribution >= 4 is 16.6 Å². The highest BCUT2D eigenvalue weighted by molar-refractivity contribution is 5.83. The van der Waals surface area contributed by atoms with Gasteiger partial charge in [0.05, 0.1) is 0 Å². The monoisotopic (exact) mass is 556 g/mol. The minimum atomic E-state index is -0.146. The lowest BCUT2D eigenvalue weighted by atomic mass is 9.82. The van der Waals surface area contributed by atoms with E-state index in [9.17, 15) is 4.39 Å². The van der Waals surface area contributed by atoms with Gasteiger partial charge in [0.15, 0.2) is 0 Å². The molecule has 1 saturated heterocycles. The van der Waals surface area contributed by atoms with Crippen molar-refractivity contribution in [1.29, 1.82) is 0 Å². The van der Waals surface area contributed by atoms with Crippen LogP contribution < -0.4 is 4.90 Å². The summed E-state index contributed by atoms with van der Waals surface area (Å²) in [6.45, 7) is 31.4. The molecule has 1 aliphatic heterocycles. The van der Waals surface area contributed by atoms with Crippen LogP contribution in [0.5, 0.6) is 0 Å². The Morgan fingerprint density at radius 3 is 1.88 bits per heavy atom. The number of rotatable bonds is 3. The van der Waals surface area contributed by atoms with Crippen LogP contribution in [0.15, 0.2) is 117 Å². The molecule has 1 unspecified atom stereocenters. The molecule has 0 bridgehead atoms. The molecule has 0 spiro atoms. The van der Waals surface area contributed by atoms with Crippen LogP contribution in [0.25, 0.3) is 10.9 Å². The molecule has 2 heterocycles. The molecule has 0 saturated carbocycles. The van der Waals surface area contributed by atoms with Crippen LogP contribution in [0.4, 0.5) is 10.1 Å². The fourth-order valence-corrected chi connectivity index (χ4v) is 4.55. The summed E-state index contributed by atoms with van der Waals surface area (Å²) in [5, 5.41) is 1.25. The number of allylic oxidation sites excluding steroid dienone is 1. The van der Waals surface area contributed by atoms with Crippen LogP contribution in [-0.2, 0) is 0 Å². The molecule has 1 fully saturated rings. The van der Waals surface area contributed by atoms with Crippen LogP contribution in [0, 0.1) is 32.0 Å². The van der Waals surface area contributed by atoms with Crippen LogP contribution in [-0.4, -0.2) is 11.5 Å². The predicted octanol–water partition coefficient (Wildman–Crippen LogP) is 11.8. The zero-order chi connectivity index (χ0) is 31.4. The molecule has 3 heteroatoms. The lowest BCUT2D eigenvalue weighted by molar-refractivity contribution is 0.466. The van der Waals surface area contributed by atoms with E-state index in [1.54, 1.807) is 0 Å². The lowest BCUT2D eigenvalue weighted by Gasteiger charge is -2.28. The third-order valence-electron chi connectivity index (χ3n) is 6.68.